The van der Waals surface area contributed by atoms with Crippen LogP contribution in [0.2, 0.25) is 0 Å². The number of hydrogen-bond acceptors (Lipinski definition) is 10. The van der Waals surface area contributed by atoms with Gasteiger partial charge in [0.2, 0.25) is 5.76 Å². The Morgan fingerprint density at radius 2 is 1.33 bits per heavy atom. The number of aryl methyl sites for hydroxylation is 2. The van der Waals surface area contributed by atoms with Gasteiger partial charge in [-0.25, -0.2) is 13.6 Å². The minimum atomic E-state index is -0.648. The molecule has 0 fully saturated rings. The van der Waals surface area contributed by atoms with Crippen molar-refractivity contribution in [2.45, 2.75) is 27.1 Å². The molecule has 5 aromatic rings. The average molecular weight is 539 g/mol. The first-order chi connectivity index (χ1) is 18.8. The number of hydrogen-bond donors (Lipinski definition) is 1. The summed E-state index contributed by atoms with van der Waals surface area (Å²) in [4.78, 5) is 11.3. The van der Waals surface area contributed by atoms with E-state index in [0.717, 1.165) is 5.56 Å². The van der Waals surface area contributed by atoms with Gasteiger partial charge in [0.15, 0.2) is 0 Å². The normalized spacial score (nSPS) is 10.6. The highest BCUT2D eigenvalue weighted by molar-refractivity contribution is 5.86. The number of methoxy groups -OCH3 is 1. The van der Waals surface area contributed by atoms with Crippen LogP contribution in [0.15, 0.2) is 68.2 Å². The van der Waals surface area contributed by atoms with Crippen molar-refractivity contribution in [1.82, 2.24) is 15.5 Å². The van der Waals surface area contributed by atoms with Crippen molar-refractivity contribution in [3.63, 3.8) is 0 Å². The third-order valence-electron chi connectivity index (χ3n) is 5.60. The molecule has 0 radical (unpaired) electrons. The molecule has 2 aromatic carbocycles. The maximum atomic E-state index is 13.0. The smallest absolute Gasteiger partial charge is 0.377 e. The Labute approximate surface area is 220 Å². The highest BCUT2D eigenvalue weighted by Gasteiger charge is 2.18. The van der Waals surface area contributed by atoms with Gasteiger partial charge < -0.3 is 28.1 Å². The largest absolute Gasteiger partial charge is 0.470 e. The van der Waals surface area contributed by atoms with Crippen LogP contribution < -0.4 is 4.74 Å². The number of ether oxygens (including phenoxy) is 2. The molecule has 3 aromatic heterocycles. The second-order valence-electron chi connectivity index (χ2n) is 8.11. The summed E-state index contributed by atoms with van der Waals surface area (Å²) in [5, 5.41) is 20.6. The standard InChI is InChI=1S/C16H13FN2O5.C11H10FNO2/c1-9-12(8-22-14-7-13(24-18-14)16(20)21-2)15(19-23-9)10-3-5-11(17)6-4-10;1-7-10(6-14)11(13-15-7)8-2-4-9(12)5-3-8/h3-7H,8H2,1-2H3;2-5,14H,6H2,1H3. The van der Waals surface area contributed by atoms with Gasteiger partial charge in [0.25, 0.3) is 5.88 Å². The molecule has 0 saturated carbocycles. The summed E-state index contributed by atoms with van der Waals surface area (Å²) in [6.45, 7) is 3.42. The van der Waals surface area contributed by atoms with Crippen molar-refractivity contribution in [1.29, 1.82) is 0 Å². The monoisotopic (exact) mass is 539 g/mol. The lowest BCUT2D eigenvalue weighted by Gasteiger charge is -2.03. The number of aliphatic hydroxyl groups is 1. The molecule has 5 rings (SSSR count). The fourth-order valence-electron chi connectivity index (χ4n) is 3.48. The lowest BCUT2D eigenvalue weighted by atomic mass is 10.1. The van der Waals surface area contributed by atoms with E-state index in [1.807, 2.05) is 0 Å². The number of carbonyl (C=O) groups is 1. The van der Waals surface area contributed by atoms with Gasteiger partial charge in [0.05, 0.1) is 25.3 Å². The number of nitrogens with zero attached hydrogens (tertiary/aromatic N) is 3. The molecule has 1 N–H and O–H groups in total. The van der Waals surface area contributed by atoms with Gasteiger partial charge in [-0.2, -0.15) is 0 Å². The first-order valence-electron chi connectivity index (χ1n) is 11.5. The Morgan fingerprint density at radius 1 is 0.821 bits per heavy atom. The van der Waals surface area contributed by atoms with E-state index in [0.29, 0.717) is 39.6 Å². The van der Waals surface area contributed by atoms with Gasteiger partial charge in [0.1, 0.15) is 41.1 Å². The Balaban J connectivity index is 0.000000202. The zero-order valence-corrected chi connectivity index (χ0v) is 21.1. The number of aromatic nitrogens is 3. The Kier molecular flexibility index (Phi) is 8.46. The number of halogens is 2. The van der Waals surface area contributed by atoms with Crippen molar-refractivity contribution in [2.24, 2.45) is 0 Å². The van der Waals surface area contributed by atoms with Crippen molar-refractivity contribution in [3.05, 3.63) is 94.6 Å². The highest BCUT2D eigenvalue weighted by Crippen LogP contribution is 2.27. The van der Waals surface area contributed by atoms with Crippen molar-refractivity contribution in [2.75, 3.05) is 7.11 Å². The Hall–Kier alpha value is -4.84. The highest BCUT2D eigenvalue weighted by atomic mass is 19.1. The maximum Gasteiger partial charge on any atom is 0.377 e. The molecule has 0 aliphatic heterocycles. The van der Waals surface area contributed by atoms with E-state index in [9.17, 15) is 13.6 Å². The lowest BCUT2D eigenvalue weighted by molar-refractivity contribution is 0.0554. The zero-order chi connectivity index (χ0) is 27.9. The van der Waals surface area contributed by atoms with Gasteiger partial charge >= 0.3 is 5.97 Å². The maximum absolute atomic E-state index is 13.0. The van der Waals surface area contributed by atoms with Gasteiger partial charge in [-0.1, -0.05) is 10.3 Å². The third-order valence-corrected chi connectivity index (χ3v) is 5.60. The second-order valence-corrected chi connectivity index (χ2v) is 8.11. The molecule has 0 aliphatic rings. The summed E-state index contributed by atoms with van der Waals surface area (Å²) < 4.78 is 50.7. The molecular weight excluding hydrogens is 516 g/mol. The third kappa shape index (κ3) is 6.36. The molecule has 0 aliphatic carbocycles. The van der Waals surface area contributed by atoms with Crippen LogP contribution >= 0.6 is 0 Å². The molecule has 12 heteroatoms. The summed E-state index contributed by atoms with van der Waals surface area (Å²) in [5.41, 5.74) is 3.87. The molecule has 0 spiro atoms. The molecule has 39 heavy (non-hydrogen) atoms. The van der Waals surface area contributed by atoms with Crippen LogP contribution in [0.1, 0.15) is 33.2 Å². The van der Waals surface area contributed by atoms with Crippen LogP contribution in [0.3, 0.4) is 0 Å². The molecular formula is C27H23F2N3O7. The number of esters is 1. The van der Waals surface area contributed by atoms with E-state index in [1.54, 1.807) is 38.1 Å². The van der Waals surface area contributed by atoms with Gasteiger partial charge in [-0.15, -0.1) is 0 Å². The summed E-state index contributed by atoms with van der Waals surface area (Å²) >= 11 is 0. The number of benzene rings is 2. The first kappa shape index (κ1) is 27.2. The predicted octanol–water partition coefficient (Wildman–Crippen LogP) is 5.42. The molecule has 202 valence electrons. The van der Waals surface area contributed by atoms with E-state index < -0.39 is 5.97 Å². The number of aliphatic hydroxyl groups excluding tert-OH is 1. The first-order valence-corrected chi connectivity index (χ1v) is 11.5. The van der Waals surface area contributed by atoms with Gasteiger partial charge in [-0.3, -0.25) is 0 Å². The Bertz CT molecular complexity index is 1540. The van der Waals surface area contributed by atoms with Gasteiger partial charge in [0, 0.05) is 16.7 Å². The molecule has 0 amide bonds. The van der Waals surface area contributed by atoms with Crippen LogP contribution in [0.5, 0.6) is 5.88 Å². The molecule has 0 bridgehead atoms. The van der Waals surface area contributed by atoms with Crippen molar-refractivity contribution in [3.8, 4) is 28.4 Å². The van der Waals surface area contributed by atoms with E-state index in [1.165, 1.54) is 37.4 Å². The quantitative estimate of drug-likeness (QED) is 0.267. The topological polar surface area (TPSA) is 134 Å². The minimum absolute atomic E-state index is 0.0618. The van der Waals surface area contributed by atoms with E-state index in [4.69, 9.17) is 23.4 Å². The second kappa shape index (κ2) is 12.1. The summed E-state index contributed by atoms with van der Waals surface area (Å²) in [7, 11) is 1.24. The van der Waals surface area contributed by atoms with Gasteiger partial charge in [-0.05, 0) is 67.5 Å². The van der Waals surface area contributed by atoms with Crippen molar-refractivity contribution < 1.29 is 41.7 Å². The molecule has 10 nitrogen and oxygen atoms in total. The molecule has 0 unspecified atom stereocenters. The van der Waals surface area contributed by atoms with Crippen LogP contribution in [0, 0.1) is 25.5 Å². The molecule has 3 heterocycles. The van der Waals surface area contributed by atoms with Crippen LogP contribution in [-0.2, 0) is 18.0 Å². The van der Waals surface area contributed by atoms with E-state index >= 15 is 0 Å². The number of rotatable bonds is 7. The minimum Gasteiger partial charge on any atom is -0.470 e. The summed E-state index contributed by atoms with van der Waals surface area (Å²) in [6.07, 6.45) is 0. The van der Waals surface area contributed by atoms with Crippen LogP contribution in [-0.4, -0.2) is 33.7 Å². The number of carbonyl (C=O) groups excluding carboxylic acids is 1. The summed E-state index contributed by atoms with van der Waals surface area (Å²) in [6, 6.07) is 13.1. The van der Waals surface area contributed by atoms with Crippen LogP contribution in [0.25, 0.3) is 22.5 Å². The van der Waals surface area contributed by atoms with E-state index in [-0.39, 0.29) is 36.5 Å². The van der Waals surface area contributed by atoms with Crippen LogP contribution in [0.4, 0.5) is 8.78 Å². The summed E-state index contributed by atoms with van der Waals surface area (Å²) in [5.74, 6) is -0.0816. The average Bonchev–Trinajstić information content (AvgIpc) is 3.67. The fourth-order valence-corrected chi connectivity index (χ4v) is 3.48. The van der Waals surface area contributed by atoms with Crippen molar-refractivity contribution >= 4 is 5.97 Å². The Morgan fingerprint density at radius 3 is 1.85 bits per heavy atom. The molecule has 0 atom stereocenters. The molecule has 0 saturated heterocycles. The van der Waals surface area contributed by atoms with E-state index in [2.05, 4.69) is 20.2 Å². The zero-order valence-electron chi connectivity index (χ0n) is 21.1. The fraction of sp³-hybridized carbons (Fsp3) is 0.185. The predicted molar refractivity (Wildman–Crippen MR) is 131 cm³/mol. The SMILES string of the molecule is COC(=O)c1cc(OCc2c(-c3ccc(F)cc3)noc2C)no1.Cc1onc(-c2ccc(F)cc2)c1CO. The lowest BCUT2D eigenvalue weighted by Crippen LogP contribution is -1.99.